The Bertz CT molecular complexity index is 1630. The normalized spacial score (nSPS) is 12.7. The van der Waals surface area contributed by atoms with Crippen molar-refractivity contribution in [2.75, 3.05) is 0 Å². The number of rotatable bonds is 3. The fourth-order valence-corrected chi connectivity index (χ4v) is 5.73. The van der Waals surface area contributed by atoms with Crippen LogP contribution in [-0.2, 0) is 30.4 Å². The number of hydrogen-bond acceptors (Lipinski definition) is 7. The van der Waals surface area contributed by atoms with Crippen LogP contribution in [0.15, 0.2) is 51.1 Å². The third-order valence-electron chi connectivity index (χ3n) is 4.60. The van der Waals surface area contributed by atoms with Crippen LogP contribution in [-0.4, -0.2) is 103 Å². The molecule has 4 aromatic rings. The molecule has 0 amide bonds. The minimum absolute atomic E-state index is 0. The van der Waals surface area contributed by atoms with Crippen molar-refractivity contribution in [2.45, 2.75) is 14.7 Å². The van der Waals surface area contributed by atoms with E-state index in [0.717, 1.165) is 18.2 Å². The predicted octanol–water partition coefficient (Wildman–Crippen LogP) is 0.733. The Labute approximate surface area is 220 Å². The van der Waals surface area contributed by atoms with Gasteiger partial charge < -0.3 is 5.11 Å². The van der Waals surface area contributed by atoms with Gasteiger partial charge in [-0.1, -0.05) is 18.2 Å². The molecule has 0 spiro atoms. The molecule has 0 unspecified atom stereocenters. The summed E-state index contributed by atoms with van der Waals surface area (Å²) in [5.74, 6) is -0.579. The van der Waals surface area contributed by atoms with E-state index in [-0.39, 0.29) is 91.4 Å². The quantitative estimate of drug-likeness (QED) is 0.176. The zero-order chi connectivity index (χ0) is 21.5. The van der Waals surface area contributed by atoms with Crippen molar-refractivity contribution in [2.24, 2.45) is 0 Å². The first-order chi connectivity index (χ1) is 13.2. The SMILES string of the molecule is O=S(=O)(O)c1cc(O)c2ccc3c(S(=O)(=O)O)cc(S(=O)(=O)O)c4ccc1c2c34.[NaH].[NaH]. The van der Waals surface area contributed by atoms with Crippen LogP contribution in [0.3, 0.4) is 0 Å². The second kappa shape index (κ2) is 8.34. The molecule has 0 saturated heterocycles. The molecule has 0 radical (unpaired) electrons. The van der Waals surface area contributed by atoms with Crippen LogP contribution in [0.1, 0.15) is 0 Å². The maximum atomic E-state index is 11.8. The topological polar surface area (TPSA) is 183 Å². The molecule has 0 fully saturated rings. The molecule has 15 heteroatoms. The average molecular weight is 506 g/mol. The van der Waals surface area contributed by atoms with Gasteiger partial charge in [0.15, 0.2) is 0 Å². The molecule has 0 aliphatic heterocycles. The summed E-state index contributed by atoms with van der Waals surface area (Å²) in [5, 5.41) is 9.54. The van der Waals surface area contributed by atoms with Gasteiger partial charge in [0.1, 0.15) is 20.4 Å². The molecule has 0 atom stereocenters. The van der Waals surface area contributed by atoms with Crippen LogP contribution in [0.4, 0.5) is 0 Å². The zero-order valence-electron chi connectivity index (χ0n) is 13.9. The van der Waals surface area contributed by atoms with Crippen molar-refractivity contribution in [3.8, 4) is 5.75 Å². The molecule has 0 aliphatic carbocycles. The van der Waals surface area contributed by atoms with E-state index in [1.54, 1.807) is 0 Å². The van der Waals surface area contributed by atoms with E-state index < -0.39 is 50.8 Å². The van der Waals surface area contributed by atoms with Gasteiger partial charge in [-0.3, -0.25) is 13.7 Å². The van der Waals surface area contributed by atoms with Gasteiger partial charge in [0, 0.05) is 38.4 Å². The Morgan fingerprint density at radius 2 is 0.806 bits per heavy atom. The van der Waals surface area contributed by atoms with E-state index in [2.05, 4.69) is 0 Å². The molecular weight excluding hydrogens is 494 g/mol. The Hall–Kier alpha value is -0.550. The minimum atomic E-state index is -4.96. The first-order valence-electron chi connectivity index (χ1n) is 7.61. The number of aromatic hydroxyl groups is 1. The summed E-state index contributed by atoms with van der Waals surface area (Å²) < 4.78 is 99.5. The van der Waals surface area contributed by atoms with Crippen LogP contribution in [0.25, 0.3) is 32.3 Å². The van der Waals surface area contributed by atoms with Gasteiger partial charge in [-0.2, -0.15) is 25.3 Å². The molecule has 4 N–H and O–H groups in total. The summed E-state index contributed by atoms with van der Waals surface area (Å²) in [4.78, 5) is -2.38. The van der Waals surface area contributed by atoms with Crippen molar-refractivity contribution in [3.63, 3.8) is 0 Å². The fraction of sp³-hybridized carbons (Fsp3) is 0. The molecule has 156 valence electrons. The summed E-state index contributed by atoms with van der Waals surface area (Å²) in [6, 6.07) is 6.07. The standard InChI is InChI=1S/C16H10O10S3.2Na.2H/c17-11-5-12(27(18,19)20)8-3-4-10-14(29(24,25)26)6-13(28(21,22)23)9-2-1-7(11)15(8)16(9)10;;;;/h1-6,17H,(H,18,19,20)(H,21,22,23)(H,24,25,26);;;;. The average Bonchev–Trinajstić information content (AvgIpc) is 2.57. The molecular formula is C16H12Na2O10S3. The third-order valence-corrected chi connectivity index (χ3v) is 7.28. The Morgan fingerprint density at radius 1 is 0.516 bits per heavy atom. The van der Waals surface area contributed by atoms with Crippen molar-refractivity contribution in [3.05, 3.63) is 36.4 Å². The Balaban J connectivity index is 0.00000171. The number of phenolic OH excluding ortho intramolecular Hbond substituents is 1. The number of phenols is 1. The fourth-order valence-electron chi connectivity index (χ4n) is 3.52. The molecule has 4 rings (SSSR count). The summed E-state index contributed by atoms with van der Waals surface area (Å²) in [5.41, 5.74) is 0. The first-order valence-corrected chi connectivity index (χ1v) is 11.9. The Morgan fingerprint density at radius 3 is 1.16 bits per heavy atom. The van der Waals surface area contributed by atoms with Gasteiger partial charge in [-0.05, 0) is 12.1 Å². The zero-order valence-corrected chi connectivity index (χ0v) is 16.4. The maximum absolute atomic E-state index is 11.8. The molecule has 0 bridgehead atoms. The molecule has 0 aliphatic rings. The van der Waals surface area contributed by atoms with Crippen LogP contribution in [0.5, 0.6) is 5.75 Å². The van der Waals surface area contributed by atoms with E-state index in [0.29, 0.717) is 6.07 Å². The molecule has 10 nitrogen and oxygen atoms in total. The van der Waals surface area contributed by atoms with Gasteiger partial charge in [0.05, 0.1) is 0 Å². The van der Waals surface area contributed by atoms with Crippen molar-refractivity contribution < 1.29 is 44.0 Å². The van der Waals surface area contributed by atoms with E-state index in [1.807, 2.05) is 0 Å². The molecule has 0 heterocycles. The second-order valence-corrected chi connectivity index (χ2v) is 10.4. The van der Waals surface area contributed by atoms with E-state index in [4.69, 9.17) is 0 Å². The number of hydrogen-bond donors (Lipinski definition) is 4. The molecule has 0 saturated carbocycles. The van der Waals surface area contributed by atoms with Crippen LogP contribution >= 0.6 is 0 Å². The van der Waals surface area contributed by atoms with E-state index in [9.17, 15) is 44.0 Å². The Kier molecular flexibility index (Phi) is 7.19. The molecule has 31 heavy (non-hydrogen) atoms. The summed E-state index contributed by atoms with van der Waals surface area (Å²) in [6.45, 7) is 0. The van der Waals surface area contributed by atoms with Gasteiger partial charge in [0.25, 0.3) is 30.4 Å². The van der Waals surface area contributed by atoms with Crippen molar-refractivity contribution >= 4 is 122 Å². The van der Waals surface area contributed by atoms with Gasteiger partial charge in [-0.15, -0.1) is 0 Å². The summed E-state index contributed by atoms with van der Waals surface area (Å²) in [7, 11) is -14.8. The van der Waals surface area contributed by atoms with Crippen molar-refractivity contribution in [1.82, 2.24) is 0 Å². The monoisotopic (exact) mass is 506 g/mol. The molecule has 4 aromatic carbocycles. The molecule has 0 aromatic heterocycles. The van der Waals surface area contributed by atoms with Crippen LogP contribution in [0.2, 0.25) is 0 Å². The van der Waals surface area contributed by atoms with Crippen molar-refractivity contribution in [1.29, 1.82) is 0 Å². The van der Waals surface area contributed by atoms with Gasteiger partial charge in [0.2, 0.25) is 0 Å². The first kappa shape index (κ1) is 26.7. The third kappa shape index (κ3) is 4.35. The summed E-state index contributed by atoms with van der Waals surface area (Å²) in [6.07, 6.45) is 0. The van der Waals surface area contributed by atoms with Gasteiger partial charge >= 0.3 is 59.1 Å². The van der Waals surface area contributed by atoms with Gasteiger partial charge in [-0.25, -0.2) is 0 Å². The van der Waals surface area contributed by atoms with E-state index >= 15 is 0 Å². The van der Waals surface area contributed by atoms with Crippen LogP contribution < -0.4 is 0 Å². The second-order valence-electron chi connectivity index (χ2n) is 6.26. The van der Waals surface area contributed by atoms with Crippen LogP contribution in [0, 0.1) is 0 Å². The van der Waals surface area contributed by atoms with E-state index in [1.165, 1.54) is 12.1 Å². The number of benzene rings is 4. The predicted molar refractivity (Wildman–Crippen MR) is 116 cm³/mol. The summed E-state index contributed by atoms with van der Waals surface area (Å²) >= 11 is 0.